The highest BCUT2D eigenvalue weighted by molar-refractivity contribution is 7.26. The summed E-state index contributed by atoms with van der Waals surface area (Å²) in [6, 6.07) is 73.8. The predicted molar refractivity (Wildman–Crippen MR) is 245 cm³/mol. The molecule has 0 bridgehead atoms. The molecule has 1 aromatic heterocycles. The Balaban J connectivity index is 1.01. The molecule has 11 rings (SSSR count). The number of thiophene rings is 1. The standard InChI is InChI=1S/C55H39NS/c1-55(2)51-22-7-5-17-47(51)48-33-28-39(35-52(48)55)36-24-29-41(30-25-36)56(43-15-9-14-40(34-43)45-19-10-13-37-12-3-4-16-44(37)45)42-31-26-38(27-32-42)46-20-11-21-50-49-18-6-8-23-53(49)57-54(46)50/h3-35H,1-2H3. The van der Waals surface area contributed by atoms with Crippen LogP contribution in [0.5, 0.6) is 0 Å². The van der Waals surface area contributed by atoms with Crippen LogP contribution in [-0.4, -0.2) is 0 Å². The molecular formula is C55H39NS. The second-order valence-electron chi connectivity index (χ2n) is 15.7. The monoisotopic (exact) mass is 745 g/mol. The maximum Gasteiger partial charge on any atom is 0.0467 e. The molecule has 0 N–H and O–H groups in total. The minimum absolute atomic E-state index is 0.0393. The second-order valence-corrected chi connectivity index (χ2v) is 16.8. The summed E-state index contributed by atoms with van der Waals surface area (Å²) < 4.78 is 2.66. The van der Waals surface area contributed by atoms with Gasteiger partial charge in [0.1, 0.15) is 0 Å². The van der Waals surface area contributed by atoms with Gasteiger partial charge in [-0.1, -0.05) is 166 Å². The SMILES string of the molecule is CC1(C)c2ccccc2-c2ccc(-c3ccc(N(c4ccc(-c5cccc6c5sc5ccccc56)cc4)c4cccc(-c5cccc6ccccc56)c4)cc3)cc21. The van der Waals surface area contributed by atoms with Crippen molar-refractivity contribution in [1.82, 2.24) is 0 Å². The molecule has 1 nitrogen and oxygen atoms in total. The van der Waals surface area contributed by atoms with Gasteiger partial charge < -0.3 is 4.90 Å². The van der Waals surface area contributed by atoms with E-state index in [0.29, 0.717) is 0 Å². The van der Waals surface area contributed by atoms with Gasteiger partial charge in [0.05, 0.1) is 0 Å². The zero-order chi connectivity index (χ0) is 38.1. The Hall–Kier alpha value is -6.74. The van der Waals surface area contributed by atoms with E-state index >= 15 is 0 Å². The van der Waals surface area contributed by atoms with Crippen molar-refractivity contribution < 1.29 is 0 Å². The third-order valence-electron chi connectivity index (χ3n) is 12.1. The Bertz CT molecular complexity index is 3140. The fourth-order valence-electron chi connectivity index (χ4n) is 9.19. The molecule has 0 amide bonds. The van der Waals surface area contributed by atoms with Gasteiger partial charge in [-0.15, -0.1) is 11.3 Å². The van der Waals surface area contributed by atoms with E-state index in [1.54, 1.807) is 0 Å². The van der Waals surface area contributed by atoms with Crippen LogP contribution in [0.15, 0.2) is 200 Å². The first-order chi connectivity index (χ1) is 28.0. The summed E-state index contributed by atoms with van der Waals surface area (Å²) in [4.78, 5) is 2.39. The zero-order valence-corrected chi connectivity index (χ0v) is 32.7. The highest BCUT2D eigenvalue weighted by atomic mass is 32.1. The summed E-state index contributed by atoms with van der Waals surface area (Å²) in [6.45, 7) is 4.70. The molecule has 2 heteroatoms. The Morgan fingerprint density at radius 2 is 0.965 bits per heavy atom. The lowest BCUT2D eigenvalue weighted by Crippen LogP contribution is -2.14. The van der Waals surface area contributed by atoms with E-state index in [9.17, 15) is 0 Å². The van der Waals surface area contributed by atoms with E-state index in [4.69, 9.17) is 0 Å². The number of hydrogen-bond acceptors (Lipinski definition) is 2. The first-order valence-corrected chi connectivity index (χ1v) is 20.6. The van der Waals surface area contributed by atoms with Gasteiger partial charge in [0.25, 0.3) is 0 Å². The molecule has 270 valence electrons. The van der Waals surface area contributed by atoms with Gasteiger partial charge in [0, 0.05) is 42.6 Å². The van der Waals surface area contributed by atoms with Crippen molar-refractivity contribution in [3.63, 3.8) is 0 Å². The normalized spacial score (nSPS) is 12.9. The first kappa shape index (κ1) is 33.6. The predicted octanol–water partition coefficient (Wildman–Crippen LogP) is 16.0. The molecule has 1 aliphatic rings. The van der Waals surface area contributed by atoms with Crippen molar-refractivity contribution in [2.24, 2.45) is 0 Å². The summed E-state index contributed by atoms with van der Waals surface area (Å²) in [5, 5.41) is 5.15. The molecule has 10 aromatic rings. The van der Waals surface area contributed by atoms with Gasteiger partial charge in [-0.25, -0.2) is 0 Å². The van der Waals surface area contributed by atoms with Crippen molar-refractivity contribution in [3.8, 4) is 44.5 Å². The molecule has 0 saturated heterocycles. The molecule has 0 saturated carbocycles. The first-order valence-electron chi connectivity index (χ1n) is 19.8. The van der Waals surface area contributed by atoms with E-state index in [-0.39, 0.29) is 5.41 Å². The molecule has 9 aromatic carbocycles. The average Bonchev–Trinajstić information content (AvgIpc) is 3.76. The van der Waals surface area contributed by atoms with Gasteiger partial charge in [-0.2, -0.15) is 0 Å². The second kappa shape index (κ2) is 13.2. The highest BCUT2D eigenvalue weighted by Gasteiger charge is 2.35. The van der Waals surface area contributed by atoms with Crippen LogP contribution in [0.4, 0.5) is 17.1 Å². The molecule has 0 unspecified atom stereocenters. The molecule has 57 heavy (non-hydrogen) atoms. The molecule has 0 atom stereocenters. The summed E-state index contributed by atoms with van der Waals surface area (Å²) in [5.74, 6) is 0. The molecule has 1 heterocycles. The number of nitrogens with zero attached hydrogens (tertiary/aromatic N) is 1. The maximum atomic E-state index is 2.41. The lowest BCUT2D eigenvalue weighted by atomic mass is 9.81. The Kier molecular flexibility index (Phi) is 7.77. The molecule has 0 aliphatic heterocycles. The minimum Gasteiger partial charge on any atom is -0.310 e. The quantitative estimate of drug-likeness (QED) is 0.164. The molecule has 0 spiro atoms. The number of benzene rings is 9. The Morgan fingerprint density at radius 3 is 1.81 bits per heavy atom. The van der Waals surface area contributed by atoms with Crippen molar-refractivity contribution >= 4 is 59.3 Å². The Labute approximate surface area is 337 Å². The fraction of sp³-hybridized carbons (Fsp3) is 0.0545. The van der Waals surface area contributed by atoms with Crippen molar-refractivity contribution in [1.29, 1.82) is 0 Å². The number of fused-ring (bicyclic) bond motifs is 7. The van der Waals surface area contributed by atoms with E-state index in [0.717, 1.165) is 17.1 Å². The van der Waals surface area contributed by atoms with Crippen LogP contribution in [0, 0.1) is 0 Å². The van der Waals surface area contributed by atoms with E-state index < -0.39 is 0 Å². The van der Waals surface area contributed by atoms with Crippen LogP contribution in [0.25, 0.3) is 75.5 Å². The summed E-state index contributed by atoms with van der Waals surface area (Å²) in [5.41, 5.74) is 16.2. The third kappa shape index (κ3) is 5.51. The molecule has 0 radical (unpaired) electrons. The summed E-state index contributed by atoms with van der Waals surface area (Å²) >= 11 is 1.88. The van der Waals surface area contributed by atoms with E-state index in [1.165, 1.54) is 86.6 Å². The molecule has 0 fully saturated rings. The number of rotatable bonds is 6. The zero-order valence-electron chi connectivity index (χ0n) is 31.9. The van der Waals surface area contributed by atoms with Gasteiger partial charge in [-0.3, -0.25) is 0 Å². The number of hydrogen-bond donors (Lipinski definition) is 0. The van der Waals surface area contributed by atoms with Crippen LogP contribution in [0.2, 0.25) is 0 Å². The van der Waals surface area contributed by atoms with Crippen LogP contribution in [0.3, 0.4) is 0 Å². The smallest absolute Gasteiger partial charge is 0.0467 e. The fourth-order valence-corrected chi connectivity index (χ4v) is 10.4. The summed E-state index contributed by atoms with van der Waals surface area (Å²) in [6.07, 6.45) is 0. The van der Waals surface area contributed by atoms with Crippen molar-refractivity contribution in [2.45, 2.75) is 19.3 Å². The van der Waals surface area contributed by atoms with Gasteiger partial charge in [0.15, 0.2) is 0 Å². The third-order valence-corrected chi connectivity index (χ3v) is 13.3. The largest absolute Gasteiger partial charge is 0.310 e. The highest BCUT2D eigenvalue weighted by Crippen LogP contribution is 2.50. The van der Waals surface area contributed by atoms with E-state index in [1.807, 2.05) is 11.3 Å². The molecule has 1 aliphatic carbocycles. The van der Waals surface area contributed by atoms with Crippen LogP contribution in [-0.2, 0) is 5.41 Å². The average molecular weight is 746 g/mol. The van der Waals surface area contributed by atoms with Crippen LogP contribution < -0.4 is 4.90 Å². The summed E-state index contributed by atoms with van der Waals surface area (Å²) in [7, 11) is 0. The van der Waals surface area contributed by atoms with Gasteiger partial charge in [-0.05, 0) is 115 Å². The van der Waals surface area contributed by atoms with Crippen molar-refractivity contribution in [2.75, 3.05) is 4.90 Å². The minimum atomic E-state index is -0.0393. The van der Waals surface area contributed by atoms with Crippen LogP contribution in [0.1, 0.15) is 25.0 Å². The van der Waals surface area contributed by atoms with Crippen molar-refractivity contribution in [3.05, 3.63) is 211 Å². The molecular weight excluding hydrogens is 707 g/mol. The van der Waals surface area contributed by atoms with Crippen LogP contribution >= 0.6 is 11.3 Å². The van der Waals surface area contributed by atoms with Gasteiger partial charge in [0.2, 0.25) is 0 Å². The lowest BCUT2D eigenvalue weighted by Gasteiger charge is -2.27. The lowest BCUT2D eigenvalue weighted by molar-refractivity contribution is 0.660. The number of anilines is 3. The van der Waals surface area contributed by atoms with E-state index in [2.05, 4.69) is 219 Å². The Morgan fingerprint density at radius 1 is 0.368 bits per heavy atom. The maximum absolute atomic E-state index is 2.41. The topological polar surface area (TPSA) is 3.24 Å². The van der Waals surface area contributed by atoms with Gasteiger partial charge >= 0.3 is 0 Å².